The smallest absolute Gasteiger partial charge is 0.0935 e. The van der Waals surface area contributed by atoms with Crippen molar-refractivity contribution < 1.29 is 0 Å². The molecule has 18 heavy (non-hydrogen) atoms. The Balaban J connectivity index is 2.03. The van der Waals surface area contributed by atoms with Crippen LogP contribution in [-0.2, 0) is 0 Å². The molecule has 86 valence electrons. The van der Waals surface area contributed by atoms with Crippen molar-refractivity contribution in [3.8, 4) is 0 Å². The quantitative estimate of drug-likeness (QED) is 0.682. The number of aromatic nitrogens is 3. The van der Waals surface area contributed by atoms with E-state index >= 15 is 0 Å². The van der Waals surface area contributed by atoms with Gasteiger partial charge in [-0.3, -0.25) is 4.98 Å². The summed E-state index contributed by atoms with van der Waals surface area (Å²) in [5.41, 5.74) is 2.88. The largest absolute Gasteiger partial charge is 0.257 e. The molecular weight excluding hydrogens is 222 g/mol. The average molecular weight is 233 g/mol. The van der Waals surface area contributed by atoms with Crippen LogP contribution >= 0.6 is 0 Å². The molecule has 0 aliphatic rings. The molecule has 0 fully saturated rings. The predicted octanol–water partition coefficient (Wildman–Crippen LogP) is 3.20. The van der Waals surface area contributed by atoms with Gasteiger partial charge in [-0.2, -0.15) is 10.2 Å². The maximum Gasteiger partial charge on any atom is 0.0935 e. The molecule has 0 saturated heterocycles. The molecule has 0 aliphatic heterocycles. The molecule has 0 spiro atoms. The van der Waals surface area contributed by atoms with Crippen molar-refractivity contribution in [1.82, 2.24) is 15.2 Å². The van der Waals surface area contributed by atoms with Crippen molar-refractivity contribution in [2.45, 2.75) is 0 Å². The van der Waals surface area contributed by atoms with Gasteiger partial charge in [0.1, 0.15) is 0 Å². The Morgan fingerprint density at radius 2 is 1.78 bits per heavy atom. The monoisotopic (exact) mass is 233 g/mol. The molecule has 1 aromatic carbocycles. The highest BCUT2D eigenvalue weighted by Gasteiger charge is 1.98. The standard InChI is InChI=1S/C15H11N3/c1-2-7-15-14(6-1)12(11-17-18-15)8-9-13-5-3-4-10-16-13/h1-11H/b9-8-. The molecule has 3 nitrogen and oxygen atoms in total. The van der Waals surface area contributed by atoms with Crippen LogP contribution in [0.1, 0.15) is 11.3 Å². The zero-order chi connectivity index (χ0) is 12.2. The van der Waals surface area contributed by atoms with Crippen LogP contribution in [0, 0.1) is 0 Å². The van der Waals surface area contributed by atoms with E-state index in [2.05, 4.69) is 15.2 Å². The number of hydrogen-bond donors (Lipinski definition) is 0. The number of nitrogens with zero attached hydrogens (tertiary/aromatic N) is 3. The van der Waals surface area contributed by atoms with Gasteiger partial charge in [-0.05, 0) is 24.3 Å². The van der Waals surface area contributed by atoms with E-state index in [-0.39, 0.29) is 0 Å². The zero-order valence-corrected chi connectivity index (χ0v) is 9.69. The van der Waals surface area contributed by atoms with Crippen molar-refractivity contribution in [3.63, 3.8) is 0 Å². The summed E-state index contributed by atoms with van der Waals surface area (Å²) in [4.78, 5) is 4.25. The Labute approximate surface area is 105 Å². The lowest BCUT2D eigenvalue weighted by Gasteiger charge is -1.99. The minimum absolute atomic E-state index is 0.903. The topological polar surface area (TPSA) is 38.7 Å². The van der Waals surface area contributed by atoms with Gasteiger partial charge in [0.2, 0.25) is 0 Å². The SMILES string of the molecule is C(=C/c1cnnc2ccccc12)/c1ccccn1. The van der Waals surface area contributed by atoms with Crippen LogP contribution in [0.2, 0.25) is 0 Å². The summed E-state index contributed by atoms with van der Waals surface area (Å²) in [6.07, 6.45) is 7.53. The Morgan fingerprint density at radius 3 is 2.67 bits per heavy atom. The molecular formula is C15H11N3. The van der Waals surface area contributed by atoms with Gasteiger partial charge in [0, 0.05) is 17.1 Å². The highest BCUT2D eigenvalue weighted by molar-refractivity contribution is 5.89. The summed E-state index contributed by atoms with van der Waals surface area (Å²) in [5, 5.41) is 9.20. The number of rotatable bonds is 2. The molecule has 0 aliphatic carbocycles. The molecule has 0 radical (unpaired) electrons. The number of hydrogen-bond acceptors (Lipinski definition) is 3. The first-order chi connectivity index (χ1) is 8.93. The lowest BCUT2D eigenvalue weighted by Crippen LogP contribution is -1.86. The summed E-state index contributed by atoms with van der Waals surface area (Å²) in [6, 6.07) is 13.8. The normalized spacial score (nSPS) is 11.1. The van der Waals surface area contributed by atoms with Crippen molar-refractivity contribution >= 4 is 23.1 Å². The van der Waals surface area contributed by atoms with Crippen molar-refractivity contribution in [1.29, 1.82) is 0 Å². The molecule has 0 atom stereocenters. The number of fused-ring (bicyclic) bond motifs is 1. The summed E-state index contributed by atoms with van der Waals surface area (Å²) in [6.45, 7) is 0. The lowest BCUT2D eigenvalue weighted by molar-refractivity contribution is 1.07. The second-order valence-electron chi connectivity index (χ2n) is 3.90. The maximum absolute atomic E-state index is 4.25. The van der Waals surface area contributed by atoms with Gasteiger partial charge < -0.3 is 0 Å². The van der Waals surface area contributed by atoms with E-state index in [0.29, 0.717) is 0 Å². The molecule has 0 amide bonds. The molecule has 2 aromatic heterocycles. The third-order valence-corrected chi connectivity index (χ3v) is 2.70. The summed E-state index contributed by atoms with van der Waals surface area (Å²) in [5.74, 6) is 0. The first-order valence-corrected chi connectivity index (χ1v) is 5.73. The molecule has 2 heterocycles. The van der Waals surface area contributed by atoms with E-state index in [0.717, 1.165) is 22.2 Å². The fraction of sp³-hybridized carbons (Fsp3) is 0. The molecule has 3 heteroatoms. The predicted molar refractivity (Wildman–Crippen MR) is 72.7 cm³/mol. The van der Waals surface area contributed by atoms with E-state index in [1.807, 2.05) is 54.6 Å². The summed E-state index contributed by atoms with van der Waals surface area (Å²) in [7, 11) is 0. The van der Waals surface area contributed by atoms with E-state index in [9.17, 15) is 0 Å². The molecule has 0 saturated carbocycles. The van der Waals surface area contributed by atoms with Crippen LogP contribution in [0.5, 0.6) is 0 Å². The van der Waals surface area contributed by atoms with E-state index in [4.69, 9.17) is 0 Å². The van der Waals surface area contributed by atoms with Crippen LogP contribution in [0.25, 0.3) is 23.1 Å². The molecule has 3 aromatic rings. The molecule has 0 unspecified atom stereocenters. The Hall–Kier alpha value is -2.55. The Kier molecular flexibility index (Phi) is 2.80. The van der Waals surface area contributed by atoms with Crippen LogP contribution in [-0.4, -0.2) is 15.2 Å². The maximum atomic E-state index is 4.25. The van der Waals surface area contributed by atoms with Gasteiger partial charge in [-0.1, -0.05) is 30.3 Å². The van der Waals surface area contributed by atoms with Crippen LogP contribution in [0.15, 0.2) is 54.9 Å². The van der Waals surface area contributed by atoms with E-state index in [1.165, 1.54) is 0 Å². The third kappa shape index (κ3) is 2.11. The Morgan fingerprint density at radius 1 is 0.889 bits per heavy atom. The van der Waals surface area contributed by atoms with E-state index in [1.54, 1.807) is 12.4 Å². The van der Waals surface area contributed by atoms with Crippen molar-refractivity contribution in [2.24, 2.45) is 0 Å². The van der Waals surface area contributed by atoms with Gasteiger partial charge in [-0.25, -0.2) is 0 Å². The second-order valence-corrected chi connectivity index (χ2v) is 3.90. The number of pyridine rings is 1. The first-order valence-electron chi connectivity index (χ1n) is 5.73. The van der Waals surface area contributed by atoms with Gasteiger partial charge in [-0.15, -0.1) is 0 Å². The fourth-order valence-corrected chi connectivity index (χ4v) is 1.81. The number of benzene rings is 1. The summed E-state index contributed by atoms with van der Waals surface area (Å²) < 4.78 is 0. The first kappa shape index (κ1) is 10.6. The third-order valence-electron chi connectivity index (χ3n) is 2.70. The van der Waals surface area contributed by atoms with Crippen molar-refractivity contribution in [2.75, 3.05) is 0 Å². The second kappa shape index (κ2) is 4.75. The average Bonchev–Trinajstić information content (AvgIpc) is 2.46. The minimum atomic E-state index is 0.903. The highest BCUT2D eigenvalue weighted by Crippen LogP contribution is 2.17. The van der Waals surface area contributed by atoms with Gasteiger partial charge in [0.05, 0.1) is 17.4 Å². The Bertz CT molecular complexity index is 685. The lowest BCUT2D eigenvalue weighted by atomic mass is 10.1. The van der Waals surface area contributed by atoms with Gasteiger partial charge in [0.25, 0.3) is 0 Å². The van der Waals surface area contributed by atoms with E-state index < -0.39 is 0 Å². The molecule has 3 rings (SSSR count). The van der Waals surface area contributed by atoms with Crippen LogP contribution in [0.3, 0.4) is 0 Å². The molecule has 0 bridgehead atoms. The van der Waals surface area contributed by atoms with Crippen LogP contribution < -0.4 is 0 Å². The fourth-order valence-electron chi connectivity index (χ4n) is 1.81. The minimum Gasteiger partial charge on any atom is -0.257 e. The van der Waals surface area contributed by atoms with Gasteiger partial charge >= 0.3 is 0 Å². The van der Waals surface area contributed by atoms with Gasteiger partial charge in [0.15, 0.2) is 0 Å². The van der Waals surface area contributed by atoms with Crippen LogP contribution in [0.4, 0.5) is 0 Å². The zero-order valence-electron chi connectivity index (χ0n) is 9.69. The van der Waals surface area contributed by atoms with Crippen molar-refractivity contribution in [3.05, 3.63) is 66.1 Å². The molecule has 0 N–H and O–H groups in total. The summed E-state index contributed by atoms with van der Waals surface area (Å²) >= 11 is 0. The highest BCUT2D eigenvalue weighted by atomic mass is 15.1.